The lowest BCUT2D eigenvalue weighted by Gasteiger charge is -2.36. The Balaban J connectivity index is 1.19. The van der Waals surface area contributed by atoms with Crippen molar-refractivity contribution in [3.05, 3.63) is 90.3 Å². The fraction of sp³-hybridized carbons (Fsp3) is 0.208. The molecule has 0 spiro atoms. The molecule has 1 N–H and O–H groups in total. The lowest BCUT2D eigenvalue weighted by Crippen LogP contribution is -2.25. The monoisotopic (exact) mass is 400 g/mol. The first-order chi connectivity index (χ1) is 14.7. The van der Waals surface area contributed by atoms with Gasteiger partial charge in [-0.1, -0.05) is 30.3 Å². The highest BCUT2D eigenvalue weighted by Gasteiger charge is 2.33. The predicted octanol–water partition coefficient (Wildman–Crippen LogP) is 4.87. The van der Waals surface area contributed by atoms with Gasteiger partial charge < -0.3 is 9.88 Å². The van der Waals surface area contributed by atoms with E-state index in [2.05, 4.69) is 15.3 Å². The zero-order chi connectivity index (χ0) is 20.5. The van der Waals surface area contributed by atoms with Crippen LogP contribution in [0.3, 0.4) is 0 Å². The molecule has 0 saturated heterocycles. The Bertz CT molecular complexity index is 1210. The summed E-state index contributed by atoms with van der Waals surface area (Å²) in [5.74, 6) is 0.529. The van der Waals surface area contributed by atoms with E-state index in [4.69, 9.17) is 0 Å². The van der Waals surface area contributed by atoms with Crippen molar-refractivity contribution in [3.63, 3.8) is 0 Å². The van der Waals surface area contributed by atoms with Gasteiger partial charge in [0.1, 0.15) is 5.82 Å². The van der Waals surface area contributed by atoms with Gasteiger partial charge in [0, 0.05) is 23.8 Å². The summed E-state index contributed by atoms with van der Waals surface area (Å²) in [6, 6.07) is 16.9. The van der Waals surface area contributed by atoms with Gasteiger partial charge in [-0.25, -0.2) is 9.37 Å². The standard InChI is InChI=1S/C24H21FN4O/c25-21-6-2-1-5-20(21)18-12-19(13-18)29-14-23(27-15-29)28-24(30)11-16-7-8-22-17(10-16)4-3-9-26-22/h1-10,14-15,18-19H,11-13H2,(H,28,30)/t18-,19+. The number of benzene rings is 2. The van der Waals surface area contributed by atoms with Crippen LogP contribution in [-0.4, -0.2) is 20.4 Å². The number of nitrogens with one attached hydrogen (secondary N) is 1. The van der Waals surface area contributed by atoms with Crippen LogP contribution < -0.4 is 5.32 Å². The number of fused-ring (bicyclic) bond motifs is 1. The van der Waals surface area contributed by atoms with E-state index >= 15 is 0 Å². The molecule has 150 valence electrons. The van der Waals surface area contributed by atoms with Crippen molar-refractivity contribution in [1.29, 1.82) is 0 Å². The fourth-order valence-electron chi connectivity index (χ4n) is 4.10. The summed E-state index contributed by atoms with van der Waals surface area (Å²) in [6.45, 7) is 0. The van der Waals surface area contributed by atoms with Crippen molar-refractivity contribution < 1.29 is 9.18 Å². The number of amides is 1. The molecule has 0 bridgehead atoms. The second-order valence-electron chi connectivity index (χ2n) is 7.81. The summed E-state index contributed by atoms with van der Waals surface area (Å²) in [5, 5.41) is 3.88. The van der Waals surface area contributed by atoms with Gasteiger partial charge in [0.2, 0.25) is 5.91 Å². The van der Waals surface area contributed by atoms with Crippen molar-refractivity contribution in [2.75, 3.05) is 5.32 Å². The van der Waals surface area contributed by atoms with Gasteiger partial charge in [-0.3, -0.25) is 9.78 Å². The van der Waals surface area contributed by atoms with Gasteiger partial charge in [0.25, 0.3) is 0 Å². The number of nitrogens with zero attached hydrogens (tertiary/aromatic N) is 3. The Kier molecular flexibility index (Phi) is 4.75. The van der Waals surface area contributed by atoms with Gasteiger partial charge in [-0.05, 0) is 54.2 Å². The van der Waals surface area contributed by atoms with E-state index in [1.807, 2.05) is 53.2 Å². The maximum Gasteiger partial charge on any atom is 0.229 e. The van der Waals surface area contributed by atoms with Gasteiger partial charge in [-0.2, -0.15) is 0 Å². The third-order valence-corrected chi connectivity index (χ3v) is 5.78. The average molecular weight is 400 g/mol. The van der Waals surface area contributed by atoms with E-state index in [9.17, 15) is 9.18 Å². The largest absolute Gasteiger partial charge is 0.332 e. The van der Waals surface area contributed by atoms with Crippen LogP contribution >= 0.6 is 0 Å². The minimum absolute atomic E-state index is 0.110. The van der Waals surface area contributed by atoms with Crippen molar-refractivity contribution in [3.8, 4) is 0 Å². The highest BCUT2D eigenvalue weighted by atomic mass is 19.1. The highest BCUT2D eigenvalue weighted by Crippen LogP contribution is 2.45. The molecule has 0 radical (unpaired) electrons. The molecule has 4 aromatic rings. The molecule has 1 aliphatic carbocycles. The topological polar surface area (TPSA) is 59.8 Å². The van der Waals surface area contributed by atoms with Crippen LogP contribution in [0.1, 0.15) is 35.9 Å². The third kappa shape index (κ3) is 3.68. The zero-order valence-electron chi connectivity index (χ0n) is 16.3. The molecule has 0 unspecified atom stereocenters. The summed E-state index contributed by atoms with van der Waals surface area (Å²) >= 11 is 0. The Morgan fingerprint density at radius 3 is 2.83 bits per heavy atom. The number of pyridine rings is 1. The smallest absolute Gasteiger partial charge is 0.229 e. The number of carbonyl (C=O) groups excluding carboxylic acids is 1. The summed E-state index contributed by atoms with van der Waals surface area (Å²) < 4.78 is 15.9. The molecule has 1 saturated carbocycles. The molecule has 2 heterocycles. The van der Waals surface area contributed by atoms with Crippen molar-refractivity contribution >= 4 is 22.6 Å². The number of rotatable bonds is 5. The molecule has 1 aliphatic rings. The lowest BCUT2D eigenvalue weighted by atomic mass is 9.75. The predicted molar refractivity (Wildman–Crippen MR) is 114 cm³/mol. The second-order valence-corrected chi connectivity index (χ2v) is 7.81. The number of hydrogen-bond donors (Lipinski definition) is 1. The van der Waals surface area contributed by atoms with Crippen molar-refractivity contribution in [2.24, 2.45) is 0 Å². The van der Waals surface area contributed by atoms with Crippen LogP contribution in [0, 0.1) is 5.82 Å². The van der Waals surface area contributed by atoms with Gasteiger partial charge in [0.05, 0.1) is 18.3 Å². The van der Waals surface area contributed by atoms with E-state index in [1.165, 1.54) is 6.07 Å². The molecule has 5 rings (SSSR count). The van der Waals surface area contributed by atoms with Crippen LogP contribution in [0.5, 0.6) is 0 Å². The average Bonchev–Trinajstić information content (AvgIpc) is 3.16. The molecular formula is C24H21FN4O. The normalized spacial score (nSPS) is 18.2. The van der Waals surface area contributed by atoms with Crippen LogP contribution in [-0.2, 0) is 11.2 Å². The Hall–Kier alpha value is -3.54. The van der Waals surface area contributed by atoms with Gasteiger partial charge in [-0.15, -0.1) is 0 Å². The number of hydrogen-bond acceptors (Lipinski definition) is 3. The molecule has 6 heteroatoms. The van der Waals surface area contributed by atoms with Crippen LogP contribution in [0.15, 0.2) is 73.3 Å². The first-order valence-corrected chi connectivity index (χ1v) is 10.1. The van der Waals surface area contributed by atoms with Gasteiger partial charge >= 0.3 is 0 Å². The van der Waals surface area contributed by atoms with Crippen LogP contribution in [0.25, 0.3) is 10.9 Å². The van der Waals surface area contributed by atoms with E-state index in [1.54, 1.807) is 18.6 Å². The maximum absolute atomic E-state index is 13.9. The minimum atomic E-state index is -0.135. The summed E-state index contributed by atoms with van der Waals surface area (Å²) in [6.07, 6.45) is 7.36. The SMILES string of the molecule is O=C(Cc1ccc2ncccc2c1)Nc1cn([C@H]2C[C@@H](c3ccccc3F)C2)cn1. The molecule has 1 fully saturated rings. The Morgan fingerprint density at radius 1 is 1.10 bits per heavy atom. The molecule has 5 nitrogen and oxygen atoms in total. The zero-order valence-corrected chi connectivity index (χ0v) is 16.3. The number of halogens is 1. The minimum Gasteiger partial charge on any atom is -0.332 e. The second kappa shape index (κ2) is 7.71. The molecule has 0 atom stereocenters. The van der Waals surface area contributed by atoms with E-state index in [0.29, 0.717) is 5.82 Å². The molecular weight excluding hydrogens is 379 g/mol. The number of imidazole rings is 1. The highest BCUT2D eigenvalue weighted by molar-refractivity contribution is 5.92. The summed E-state index contributed by atoms with van der Waals surface area (Å²) in [4.78, 5) is 21.0. The van der Waals surface area contributed by atoms with Gasteiger partial charge in [0.15, 0.2) is 5.82 Å². The molecule has 2 aromatic carbocycles. The third-order valence-electron chi connectivity index (χ3n) is 5.78. The Morgan fingerprint density at radius 2 is 1.97 bits per heavy atom. The molecule has 2 aromatic heterocycles. The lowest BCUT2D eigenvalue weighted by molar-refractivity contribution is -0.115. The maximum atomic E-state index is 13.9. The number of aromatic nitrogens is 3. The van der Waals surface area contributed by atoms with Crippen LogP contribution in [0.2, 0.25) is 0 Å². The molecule has 0 aliphatic heterocycles. The first-order valence-electron chi connectivity index (χ1n) is 10.1. The quantitative estimate of drug-likeness (QED) is 0.520. The van der Waals surface area contributed by atoms with E-state index in [0.717, 1.165) is 34.9 Å². The summed E-state index contributed by atoms with van der Waals surface area (Å²) in [5.41, 5.74) is 2.63. The Labute approximate surface area is 173 Å². The van der Waals surface area contributed by atoms with E-state index in [-0.39, 0.29) is 30.1 Å². The van der Waals surface area contributed by atoms with Crippen LogP contribution in [0.4, 0.5) is 10.2 Å². The summed E-state index contributed by atoms with van der Waals surface area (Å²) in [7, 11) is 0. The first kappa shape index (κ1) is 18.5. The fourth-order valence-corrected chi connectivity index (χ4v) is 4.10. The molecule has 30 heavy (non-hydrogen) atoms. The number of carbonyl (C=O) groups is 1. The van der Waals surface area contributed by atoms with Crippen molar-refractivity contribution in [1.82, 2.24) is 14.5 Å². The van der Waals surface area contributed by atoms with E-state index < -0.39 is 0 Å². The number of anilines is 1. The van der Waals surface area contributed by atoms with Crippen molar-refractivity contribution in [2.45, 2.75) is 31.2 Å². The molecule has 1 amide bonds.